The lowest BCUT2D eigenvalue weighted by Gasteiger charge is -2.33. The first-order valence-corrected chi connectivity index (χ1v) is 5.17. The Labute approximate surface area is 86.3 Å². The van der Waals surface area contributed by atoms with Crippen LogP contribution in [0.25, 0.3) is 0 Å². The molecule has 0 aliphatic carbocycles. The zero-order valence-corrected chi connectivity index (χ0v) is 9.42. The third-order valence-electron chi connectivity index (χ3n) is 1.95. The molecule has 1 N–H and O–H groups in total. The second-order valence-corrected chi connectivity index (χ2v) is 3.79. The molecule has 1 aliphatic heterocycles. The van der Waals surface area contributed by atoms with Crippen LogP contribution in [0.3, 0.4) is 0 Å². The Morgan fingerprint density at radius 2 is 1.86 bits per heavy atom. The number of hydrogen-bond donors (Lipinski definition) is 1. The molecule has 78 valence electrons. The van der Waals surface area contributed by atoms with Crippen LogP contribution < -0.4 is 10.1 Å². The molecule has 0 spiro atoms. The van der Waals surface area contributed by atoms with Crippen molar-refractivity contribution in [1.82, 2.24) is 0 Å². The third kappa shape index (κ3) is 2.41. The van der Waals surface area contributed by atoms with Gasteiger partial charge in [0, 0.05) is 0 Å². The summed E-state index contributed by atoms with van der Waals surface area (Å²) in [6.07, 6.45) is 0. The summed E-state index contributed by atoms with van der Waals surface area (Å²) in [5.74, 6) is 0.955. The molecule has 1 aromatic rings. The van der Waals surface area contributed by atoms with Gasteiger partial charge >= 0.3 is 0 Å². The van der Waals surface area contributed by atoms with E-state index in [0.29, 0.717) is 0 Å². The Bertz CT molecular complexity index is 294. The van der Waals surface area contributed by atoms with Gasteiger partial charge in [0.1, 0.15) is 12.4 Å². The number of rotatable bonds is 0. The molecular weight excluding hydrogens is 174 g/mol. The van der Waals surface area contributed by atoms with E-state index in [9.17, 15) is 0 Å². The SMILES string of the molecule is CC.CC1(C)COc2ccccc2N1. The largest absolute Gasteiger partial charge is 0.489 e. The molecule has 2 nitrogen and oxygen atoms in total. The second-order valence-electron chi connectivity index (χ2n) is 3.79. The molecule has 0 bridgehead atoms. The van der Waals surface area contributed by atoms with Gasteiger partial charge in [-0.2, -0.15) is 0 Å². The number of nitrogens with one attached hydrogen (secondary N) is 1. The van der Waals surface area contributed by atoms with E-state index in [1.807, 2.05) is 38.1 Å². The summed E-state index contributed by atoms with van der Waals surface area (Å²) in [4.78, 5) is 0. The maximum absolute atomic E-state index is 5.58. The molecule has 0 saturated heterocycles. The second kappa shape index (κ2) is 4.36. The third-order valence-corrected chi connectivity index (χ3v) is 1.95. The fourth-order valence-electron chi connectivity index (χ4n) is 1.35. The molecule has 2 rings (SSSR count). The zero-order valence-electron chi connectivity index (χ0n) is 9.42. The predicted molar refractivity (Wildman–Crippen MR) is 61.0 cm³/mol. The molecule has 1 heterocycles. The van der Waals surface area contributed by atoms with E-state index in [1.54, 1.807) is 0 Å². The first-order valence-electron chi connectivity index (χ1n) is 5.17. The van der Waals surface area contributed by atoms with Crippen molar-refractivity contribution in [3.63, 3.8) is 0 Å². The molecule has 14 heavy (non-hydrogen) atoms. The molecule has 0 amide bonds. The van der Waals surface area contributed by atoms with Crippen LogP contribution in [0.4, 0.5) is 5.69 Å². The van der Waals surface area contributed by atoms with Gasteiger partial charge in [0.25, 0.3) is 0 Å². The molecule has 0 unspecified atom stereocenters. The Balaban J connectivity index is 0.000000461. The summed E-state index contributed by atoms with van der Waals surface area (Å²) in [5.41, 5.74) is 1.14. The highest BCUT2D eigenvalue weighted by atomic mass is 16.5. The minimum absolute atomic E-state index is 0.0500. The minimum atomic E-state index is 0.0500. The van der Waals surface area contributed by atoms with Gasteiger partial charge in [-0.1, -0.05) is 26.0 Å². The highest BCUT2D eigenvalue weighted by Gasteiger charge is 2.24. The topological polar surface area (TPSA) is 21.3 Å². The Morgan fingerprint density at radius 1 is 1.21 bits per heavy atom. The van der Waals surface area contributed by atoms with Gasteiger partial charge in [-0.15, -0.1) is 0 Å². The van der Waals surface area contributed by atoms with Crippen molar-refractivity contribution in [3.8, 4) is 5.75 Å². The van der Waals surface area contributed by atoms with Crippen LogP contribution in [0.2, 0.25) is 0 Å². The number of ether oxygens (including phenoxy) is 1. The summed E-state index contributed by atoms with van der Waals surface area (Å²) >= 11 is 0. The van der Waals surface area contributed by atoms with Crippen molar-refractivity contribution < 1.29 is 4.74 Å². The fourth-order valence-corrected chi connectivity index (χ4v) is 1.35. The van der Waals surface area contributed by atoms with Crippen LogP contribution in [-0.2, 0) is 0 Å². The van der Waals surface area contributed by atoms with Gasteiger partial charge in [-0.25, -0.2) is 0 Å². The summed E-state index contributed by atoms with van der Waals surface area (Å²) in [5, 5.41) is 3.41. The number of fused-ring (bicyclic) bond motifs is 1. The van der Waals surface area contributed by atoms with Crippen LogP contribution in [0.1, 0.15) is 27.7 Å². The normalized spacial score (nSPS) is 16.6. The van der Waals surface area contributed by atoms with Crippen LogP contribution in [0.15, 0.2) is 24.3 Å². The average molecular weight is 193 g/mol. The quantitative estimate of drug-likeness (QED) is 0.682. The van der Waals surface area contributed by atoms with Crippen molar-refractivity contribution in [2.45, 2.75) is 33.2 Å². The van der Waals surface area contributed by atoms with Crippen molar-refractivity contribution in [1.29, 1.82) is 0 Å². The molecule has 1 aromatic carbocycles. The van der Waals surface area contributed by atoms with Gasteiger partial charge in [0.2, 0.25) is 0 Å². The Hall–Kier alpha value is -1.18. The standard InChI is InChI=1S/C10H13NO.C2H6/c1-10(2)7-12-9-6-4-3-5-8(9)11-10;1-2/h3-6,11H,7H2,1-2H3;1-2H3. The molecular formula is C12H19NO. The highest BCUT2D eigenvalue weighted by Crippen LogP contribution is 2.31. The summed E-state index contributed by atoms with van der Waals surface area (Å²) in [6.45, 7) is 8.98. The van der Waals surface area contributed by atoms with Gasteiger partial charge in [0.15, 0.2) is 0 Å². The number of para-hydroxylation sites is 2. The lowest BCUT2D eigenvalue weighted by Crippen LogP contribution is -2.40. The van der Waals surface area contributed by atoms with E-state index in [1.165, 1.54) is 0 Å². The lowest BCUT2D eigenvalue weighted by molar-refractivity contribution is 0.242. The van der Waals surface area contributed by atoms with Crippen LogP contribution in [0.5, 0.6) is 5.75 Å². The summed E-state index contributed by atoms with van der Waals surface area (Å²) < 4.78 is 5.58. The molecule has 0 atom stereocenters. The molecule has 2 heteroatoms. The fraction of sp³-hybridized carbons (Fsp3) is 0.500. The van der Waals surface area contributed by atoms with Crippen molar-refractivity contribution in [2.75, 3.05) is 11.9 Å². The molecule has 0 aromatic heterocycles. The first-order chi connectivity index (χ1) is 6.67. The van der Waals surface area contributed by atoms with Crippen molar-refractivity contribution in [3.05, 3.63) is 24.3 Å². The lowest BCUT2D eigenvalue weighted by atomic mass is 10.0. The number of hydrogen-bond acceptors (Lipinski definition) is 2. The van der Waals surface area contributed by atoms with E-state index in [4.69, 9.17) is 4.74 Å². The van der Waals surface area contributed by atoms with Crippen LogP contribution in [0, 0.1) is 0 Å². The van der Waals surface area contributed by atoms with Crippen LogP contribution >= 0.6 is 0 Å². The monoisotopic (exact) mass is 193 g/mol. The van der Waals surface area contributed by atoms with E-state index in [2.05, 4.69) is 19.2 Å². The molecule has 0 radical (unpaired) electrons. The highest BCUT2D eigenvalue weighted by molar-refractivity contribution is 5.59. The Morgan fingerprint density at radius 3 is 2.57 bits per heavy atom. The number of benzene rings is 1. The van der Waals surface area contributed by atoms with Gasteiger partial charge in [0.05, 0.1) is 11.2 Å². The smallest absolute Gasteiger partial charge is 0.142 e. The van der Waals surface area contributed by atoms with E-state index in [0.717, 1.165) is 18.0 Å². The van der Waals surface area contributed by atoms with Gasteiger partial charge < -0.3 is 10.1 Å². The van der Waals surface area contributed by atoms with E-state index < -0.39 is 0 Å². The molecule has 0 saturated carbocycles. The average Bonchev–Trinajstić information content (AvgIpc) is 2.19. The van der Waals surface area contributed by atoms with E-state index >= 15 is 0 Å². The summed E-state index contributed by atoms with van der Waals surface area (Å²) in [6, 6.07) is 8.02. The van der Waals surface area contributed by atoms with Crippen molar-refractivity contribution in [2.24, 2.45) is 0 Å². The molecule has 0 fully saturated rings. The molecule has 1 aliphatic rings. The minimum Gasteiger partial charge on any atom is -0.489 e. The van der Waals surface area contributed by atoms with Crippen molar-refractivity contribution >= 4 is 5.69 Å². The van der Waals surface area contributed by atoms with E-state index in [-0.39, 0.29) is 5.54 Å². The maximum atomic E-state index is 5.58. The Kier molecular flexibility index (Phi) is 3.39. The van der Waals surface area contributed by atoms with Gasteiger partial charge in [-0.3, -0.25) is 0 Å². The predicted octanol–water partition coefficient (Wildman–Crippen LogP) is 3.30. The maximum Gasteiger partial charge on any atom is 0.142 e. The van der Waals surface area contributed by atoms with Gasteiger partial charge in [-0.05, 0) is 26.0 Å². The first kappa shape index (κ1) is 10.9. The van der Waals surface area contributed by atoms with Crippen LogP contribution in [-0.4, -0.2) is 12.1 Å². The zero-order chi connectivity index (χ0) is 10.6. The summed E-state index contributed by atoms with van der Waals surface area (Å²) in [7, 11) is 0. The number of anilines is 1.